The van der Waals surface area contributed by atoms with E-state index in [1.807, 2.05) is 18.5 Å². The number of hydrogen-bond acceptors (Lipinski definition) is 5. The molecule has 0 radical (unpaired) electrons. The number of anilines is 1. The summed E-state index contributed by atoms with van der Waals surface area (Å²) in [5, 5.41) is 3.17. The van der Waals surface area contributed by atoms with Crippen molar-refractivity contribution in [3.05, 3.63) is 58.6 Å². The predicted molar refractivity (Wildman–Crippen MR) is 109 cm³/mol. The van der Waals surface area contributed by atoms with Crippen molar-refractivity contribution in [2.45, 2.75) is 18.5 Å². The molecule has 7 nitrogen and oxygen atoms in total. The quantitative estimate of drug-likeness (QED) is 0.749. The molecule has 28 heavy (non-hydrogen) atoms. The van der Waals surface area contributed by atoms with Gasteiger partial charge in [0.2, 0.25) is 8.75 Å². The van der Waals surface area contributed by atoms with Crippen molar-refractivity contribution in [1.82, 2.24) is 9.55 Å². The van der Waals surface area contributed by atoms with Crippen LogP contribution in [-0.2, 0) is 5.54 Å². The zero-order valence-corrected chi connectivity index (χ0v) is 17.5. The number of carbonyl (C=O) groups excluding carboxylic acids is 1. The molecule has 0 fully saturated rings. The number of halogens is 2. The molecule has 3 rings (SSSR count). The lowest BCUT2D eigenvalue weighted by atomic mass is 9.93. The topological polar surface area (TPSA) is 96.0 Å². The van der Waals surface area contributed by atoms with Gasteiger partial charge in [0.1, 0.15) is 11.5 Å². The normalized spacial score (nSPS) is 20.8. The summed E-state index contributed by atoms with van der Waals surface area (Å²) in [6.45, 7) is 1.83. The third-order valence-corrected chi connectivity index (χ3v) is 7.36. The zero-order valence-electron chi connectivity index (χ0n) is 15.7. The van der Waals surface area contributed by atoms with Crippen LogP contribution in [0.1, 0.15) is 23.0 Å². The lowest BCUT2D eigenvalue weighted by Crippen LogP contribution is -2.48. The largest absolute Gasteiger partial charge is 0.370 e. The van der Waals surface area contributed by atoms with E-state index in [1.54, 1.807) is 19.2 Å². The first-order valence-corrected chi connectivity index (χ1v) is 10.5. The summed E-state index contributed by atoms with van der Waals surface area (Å²) in [6.07, 6.45) is 1.39. The number of carbonyl (C=O) groups is 1. The van der Waals surface area contributed by atoms with Crippen LogP contribution in [0.15, 0.2) is 46.2 Å². The molecule has 2 aromatic rings. The summed E-state index contributed by atoms with van der Waals surface area (Å²) in [4.78, 5) is 20.9. The smallest absolute Gasteiger partial charge is 0.274 e. The van der Waals surface area contributed by atoms with E-state index in [0.717, 1.165) is 0 Å². The van der Waals surface area contributed by atoms with Gasteiger partial charge in [-0.1, -0.05) is 11.6 Å². The summed E-state index contributed by atoms with van der Waals surface area (Å²) >= 11 is 5.79. The molecule has 10 heteroatoms. The highest BCUT2D eigenvalue weighted by Crippen LogP contribution is 2.36. The van der Waals surface area contributed by atoms with Crippen molar-refractivity contribution in [2.24, 2.45) is 15.4 Å². The van der Waals surface area contributed by atoms with Gasteiger partial charge in [-0.25, -0.2) is 14.4 Å². The van der Waals surface area contributed by atoms with E-state index >= 15 is 0 Å². The fourth-order valence-corrected chi connectivity index (χ4v) is 5.04. The average Bonchev–Trinajstić information content (AvgIpc) is 2.66. The van der Waals surface area contributed by atoms with Crippen LogP contribution in [0.4, 0.5) is 10.1 Å². The van der Waals surface area contributed by atoms with E-state index in [9.17, 15) is 9.18 Å². The first kappa shape index (κ1) is 20.1. The van der Waals surface area contributed by atoms with E-state index in [2.05, 4.69) is 19.9 Å². The minimum Gasteiger partial charge on any atom is -0.370 e. The second kappa shape index (κ2) is 7.76. The number of aliphatic imine (C=N–C) groups is 1. The van der Waals surface area contributed by atoms with Gasteiger partial charge >= 0.3 is 0 Å². The zero-order chi connectivity index (χ0) is 20.5. The molecular weight excluding hydrogens is 399 g/mol. The van der Waals surface area contributed by atoms with E-state index in [4.69, 9.17) is 17.3 Å². The molecule has 1 amide bonds. The number of amides is 1. The van der Waals surface area contributed by atoms with Crippen LogP contribution in [0, 0.1) is 5.82 Å². The molecular formula is C18H20ClFN6OSi. The molecule has 0 saturated carbocycles. The van der Waals surface area contributed by atoms with Crippen LogP contribution in [0.2, 0.25) is 11.1 Å². The summed E-state index contributed by atoms with van der Waals surface area (Å²) in [5.41, 5.74) is 6.18. The molecule has 0 aliphatic carbocycles. The molecule has 1 aliphatic rings. The maximum absolute atomic E-state index is 14.7. The lowest BCUT2D eigenvalue weighted by Gasteiger charge is -2.35. The maximum atomic E-state index is 14.7. The Morgan fingerprint density at radius 1 is 1.43 bits per heavy atom. The molecule has 0 bridgehead atoms. The second-order valence-corrected chi connectivity index (χ2v) is 9.37. The summed E-state index contributed by atoms with van der Waals surface area (Å²) in [6, 6.07) is 8.04. The van der Waals surface area contributed by atoms with Crippen LogP contribution in [0.25, 0.3) is 0 Å². The van der Waals surface area contributed by atoms with Gasteiger partial charge in [0.05, 0.1) is 10.6 Å². The Hall–Kier alpha value is -2.65. The van der Waals surface area contributed by atoms with Crippen LogP contribution in [0.5, 0.6) is 0 Å². The fraction of sp³-hybridized carbons (Fsp3) is 0.278. The fourth-order valence-electron chi connectivity index (χ4n) is 3.03. The van der Waals surface area contributed by atoms with Gasteiger partial charge in [0, 0.05) is 37.6 Å². The van der Waals surface area contributed by atoms with Gasteiger partial charge < -0.3 is 20.3 Å². The van der Waals surface area contributed by atoms with Crippen molar-refractivity contribution < 1.29 is 9.18 Å². The molecule has 1 atom stereocenters. The molecule has 1 aromatic carbocycles. The molecule has 0 spiro atoms. The Labute approximate surface area is 168 Å². The SMILES string of the molecule is CN=[Si]1C[C@@](C)(c2cc(NC(=O)c3ccc(Cl)cn3)ccc2F)N=C(N)N1C. The lowest BCUT2D eigenvalue weighted by molar-refractivity contribution is 0.102. The maximum Gasteiger partial charge on any atom is 0.274 e. The van der Waals surface area contributed by atoms with E-state index in [1.165, 1.54) is 24.4 Å². The highest BCUT2D eigenvalue weighted by Gasteiger charge is 2.37. The van der Waals surface area contributed by atoms with Crippen molar-refractivity contribution >= 4 is 37.9 Å². The van der Waals surface area contributed by atoms with Gasteiger partial charge in [0.15, 0.2) is 5.96 Å². The molecule has 2 heterocycles. The monoisotopic (exact) mass is 418 g/mol. The predicted octanol–water partition coefficient (Wildman–Crippen LogP) is 2.99. The third-order valence-electron chi connectivity index (χ3n) is 4.62. The minimum atomic E-state index is -1.34. The molecule has 0 unspecified atom stereocenters. The van der Waals surface area contributed by atoms with Crippen LogP contribution in [-0.4, -0.2) is 44.3 Å². The van der Waals surface area contributed by atoms with Gasteiger partial charge in [-0.3, -0.25) is 4.79 Å². The summed E-state index contributed by atoms with van der Waals surface area (Å²) < 4.78 is 20.9. The number of rotatable bonds is 3. The Morgan fingerprint density at radius 3 is 2.82 bits per heavy atom. The number of aromatic nitrogens is 1. The summed E-state index contributed by atoms with van der Waals surface area (Å²) in [7, 11) is 2.23. The second-order valence-electron chi connectivity index (χ2n) is 6.63. The van der Waals surface area contributed by atoms with E-state index < -0.39 is 26.0 Å². The van der Waals surface area contributed by atoms with Gasteiger partial charge in [0.25, 0.3) is 5.91 Å². The Morgan fingerprint density at radius 2 is 2.18 bits per heavy atom. The molecule has 146 valence electrons. The van der Waals surface area contributed by atoms with Gasteiger partial charge in [-0.2, -0.15) is 0 Å². The number of nitrogens with two attached hydrogens (primary N) is 1. The first-order chi connectivity index (χ1) is 13.2. The van der Waals surface area contributed by atoms with E-state index in [0.29, 0.717) is 28.3 Å². The number of nitrogens with one attached hydrogen (secondary N) is 1. The highest BCUT2D eigenvalue weighted by molar-refractivity contribution is 6.48. The number of pyridine rings is 1. The standard InChI is InChI=1S/C18H20ClFN6OSi/c1-18(10-28(22-2)26(3)17(21)25-18)13-8-12(5-6-14(13)20)24-16(27)15-7-4-11(19)9-23-15/h4-9H,10H2,1-3H3,(H2,21,25)(H,24,27)/t18-/m0/s1. The Kier molecular flexibility index (Phi) is 5.57. The van der Waals surface area contributed by atoms with Gasteiger partial charge in [-0.15, -0.1) is 0 Å². The van der Waals surface area contributed by atoms with Crippen molar-refractivity contribution in [3.63, 3.8) is 0 Å². The molecule has 1 aliphatic heterocycles. The Balaban J connectivity index is 1.93. The van der Waals surface area contributed by atoms with Crippen LogP contribution >= 0.6 is 11.6 Å². The Bertz CT molecular complexity index is 981. The third kappa shape index (κ3) is 3.95. The molecule has 1 aromatic heterocycles. The van der Waals surface area contributed by atoms with E-state index in [-0.39, 0.29) is 5.69 Å². The van der Waals surface area contributed by atoms with Crippen molar-refractivity contribution in [1.29, 1.82) is 0 Å². The average molecular weight is 419 g/mol. The van der Waals surface area contributed by atoms with Crippen LogP contribution in [0.3, 0.4) is 0 Å². The van der Waals surface area contributed by atoms with Gasteiger partial charge in [-0.05, 0) is 37.3 Å². The molecule has 0 saturated heterocycles. The van der Waals surface area contributed by atoms with Crippen LogP contribution < -0.4 is 11.1 Å². The first-order valence-electron chi connectivity index (χ1n) is 8.51. The van der Waals surface area contributed by atoms with Crippen molar-refractivity contribution in [3.8, 4) is 0 Å². The number of hydrogen-bond donors (Lipinski definition) is 2. The highest BCUT2D eigenvalue weighted by atomic mass is 35.5. The molecule has 3 N–H and O–H groups in total. The number of guanidine groups is 1. The number of benzene rings is 1. The van der Waals surface area contributed by atoms with Crippen molar-refractivity contribution in [2.75, 3.05) is 19.4 Å². The minimum absolute atomic E-state index is 0.207. The summed E-state index contributed by atoms with van der Waals surface area (Å²) in [5.74, 6) is -0.504. The number of nitrogens with zero attached hydrogens (tertiary/aromatic N) is 4.